The third-order valence-corrected chi connectivity index (χ3v) is 4.67. The molecule has 0 aliphatic rings. The van der Waals surface area contributed by atoms with Gasteiger partial charge in [0.05, 0.1) is 11.5 Å². The Morgan fingerprint density at radius 3 is 2.45 bits per heavy atom. The molecule has 0 heterocycles. The average molecular weight is 323 g/mol. The van der Waals surface area contributed by atoms with Gasteiger partial charge in [0.15, 0.2) is 0 Å². The molecule has 118 valence electrons. The molecular formula is C16H18FNO3S. The highest BCUT2D eigenvalue weighted by molar-refractivity contribution is 7.89. The van der Waals surface area contributed by atoms with E-state index in [1.54, 1.807) is 31.2 Å². The lowest BCUT2D eigenvalue weighted by Gasteiger charge is -2.15. The lowest BCUT2D eigenvalue weighted by Crippen LogP contribution is -2.26. The number of sulfonamides is 1. The molecule has 4 nitrogen and oxygen atoms in total. The molecule has 0 saturated carbocycles. The van der Waals surface area contributed by atoms with Gasteiger partial charge in [-0.2, -0.15) is 0 Å². The van der Waals surface area contributed by atoms with E-state index in [9.17, 15) is 12.8 Å². The van der Waals surface area contributed by atoms with Crippen LogP contribution in [0.3, 0.4) is 0 Å². The van der Waals surface area contributed by atoms with Gasteiger partial charge in [-0.1, -0.05) is 18.2 Å². The number of nitrogens with one attached hydrogen (secondary N) is 1. The fourth-order valence-electron chi connectivity index (χ4n) is 2.02. The summed E-state index contributed by atoms with van der Waals surface area (Å²) in [5, 5.41) is 0. The minimum atomic E-state index is -3.77. The van der Waals surface area contributed by atoms with Gasteiger partial charge < -0.3 is 4.74 Å². The van der Waals surface area contributed by atoms with Crippen molar-refractivity contribution in [3.05, 3.63) is 59.9 Å². The fraction of sp³-hybridized carbons (Fsp3) is 0.250. The fourth-order valence-corrected chi connectivity index (χ4v) is 3.29. The van der Waals surface area contributed by atoms with Crippen LogP contribution in [0.5, 0.6) is 5.75 Å². The Balaban J connectivity index is 2.15. The third-order valence-electron chi connectivity index (χ3n) is 3.13. The Bertz CT molecular complexity index is 729. The van der Waals surface area contributed by atoms with Gasteiger partial charge >= 0.3 is 0 Å². The van der Waals surface area contributed by atoms with Crippen molar-refractivity contribution in [1.82, 2.24) is 4.72 Å². The number of benzene rings is 2. The van der Waals surface area contributed by atoms with Crippen LogP contribution in [0.4, 0.5) is 4.39 Å². The molecule has 6 heteroatoms. The van der Waals surface area contributed by atoms with Crippen molar-refractivity contribution in [1.29, 1.82) is 0 Å². The van der Waals surface area contributed by atoms with Crippen LogP contribution in [-0.2, 0) is 10.0 Å². The first-order chi connectivity index (χ1) is 10.4. The van der Waals surface area contributed by atoms with E-state index in [1.807, 2.05) is 6.92 Å². The summed E-state index contributed by atoms with van der Waals surface area (Å²) >= 11 is 0. The van der Waals surface area contributed by atoms with E-state index in [0.29, 0.717) is 6.61 Å². The van der Waals surface area contributed by atoms with Crippen molar-refractivity contribution < 1.29 is 17.5 Å². The molecule has 0 radical (unpaired) electrons. The van der Waals surface area contributed by atoms with Crippen LogP contribution >= 0.6 is 0 Å². The van der Waals surface area contributed by atoms with Gasteiger partial charge in [0.25, 0.3) is 0 Å². The second-order valence-corrected chi connectivity index (χ2v) is 6.52. The van der Waals surface area contributed by atoms with Crippen LogP contribution < -0.4 is 9.46 Å². The normalized spacial score (nSPS) is 12.9. The van der Waals surface area contributed by atoms with E-state index in [0.717, 1.165) is 17.4 Å². The van der Waals surface area contributed by atoms with Crippen molar-refractivity contribution in [3.8, 4) is 5.75 Å². The highest BCUT2D eigenvalue weighted by Gasteiger charge is 2.18. The van der Waals surface area contributed by atoms with Crippen LogP contribution in [0.2, 0.25) is 0 Å². The molecule has 0 aliphatic heterocycles. The summed E-state index contributed by atoms with van der Waals surface area (Å²) in [5.74, 6) is 0.142. The summed E-state index contributed by atoms with van der Waals surface area (Å²) in [5.41, 5.74) is 0.795. The lowest BCUT2D eigenvalue weighted by atomic mass is 10.1. The van der Waals surface area contributed by atoms with Gasteiger partial charge in [-0.05, 0) is 49.7 Å². The van der Waals surface area contributed by atoms with Crippen molar-refractivity contribution >= 4 is 10.0 Å². The van der Waals surface area contributed by atoms with Crippen LogP contribution in [0, 0.1) is 5.82 Å². The quantitative estimate of drug-likeness (QED) is 0.888. The molecule has 1 N–H and O–H groups in total. The number of rotatable bonds is 6. The standard InChI is InChI=1S/C16H18FNO3S/c1-3-21-15-9-7-13(8-10-15)12(2)18-22(19,20)16-6-4-5-14(17)11-16/h4-12,18H,3H2,1-2H3. The second-order valence-electron chi connectivity index (χ2n) is 4.80. The molecule has 0 spiro atoms. The predicted octanol–water partition coefficient (Wildman–Crippen LogP) is 3.26. The molecule has 2 aromatic carbocycles. The Kier molecular flexibility index (Phi) is 5.15. The van der Waals surface area contributed by atoms with Crippen molar-refractivity contribution in [2.75, 3.05) is 6.61 Å². The molecule has 22 heavy (non-hydrogen) atoms. The van der Waals surface area contributed by atoms with Gasteiger partial charge in [0, 0.05) is 6.04 Å². The third kappa shape index (κ3) is 4.05. The first kappa shape index (κ1) is 16.5. The highest BCUT2D eigenvalue weighted by atomic mass is 32.2. The Morgan fingerprint density at radius 2 is 1.86 bits per heavy atom. The molecular weight excluding hydrogens is 305 g/mol. The van der Waals surface area contributed by atoms with Gasteiger partial charge in [-0.15, -0.1) is 0 Å². The van der Waals surface area contributed by atoms with Crippen molar-refractivity contribution in [3.63, 3.8) is 0 Å². The van der Waals surface area contributed by atoms with Gasteiger partial charge in [0.2, 0.25) is 10.0 Å². The molecule has 0 aliphatic carbocycles. The van der Waals surface area contributed by atoms with E-state index in [4.69, 9.17) is 4.74 Å². The van der Waals surface area contributed by atoms with Crippen LogP contribution in [0.1, 0.15) is 25.5 Å². The topological polar surface area (TPSA) is 55.4 Å². The van der Waals surface area contributed by atoms with E-state index in [1.165, 1.54) is 18.2 Å². The average Bonchev–Trinajstić information content (AvgIpc) is 2.48. The maximum atomic E-state index is 13.2. The predicted molar refractivity (Wildman–Crippen MR) is 82.7 cm³/mol. The molecule has 0 bridgehead atoms. The van der Waals surface area contributed by atoms with E-state index >= 15 is 0 Å². The van der Waals surface area contributed by atoms with E-state index in [-0.39, 0.29) is 4.90 Å². The minimum Gasteiger partial charge on any atom is -0.494 e. The van der Waals surface area contributed by atoms with Crippen LogP contribution in [0.25, 0.3) is 0 Å². The minimum absolute atomic E-state index is 0.0923. The highest BCUT2D eigenvalue weighted by Crippen LogP contribution is 2.20. The molecule has 1 atom stereocenters. The van der Waals surface area contributed by atoms with Gasteiger partial charge in [-0.25, -0.2) is 17.5 Å². The summed E-state index contributed by atoms with van der Waals surface area (Å²) in [6.45, 7) is 4.19. The number of hydrogen-bond acceptors (Lipinski definition) is 3. The maximum absolute atomic E-state index is 13.2. The zero-order valence-corrected chi connectivity index (χ0v) is 13.2. The first-order valence-corrected chi connectivity index (χ1v) is 8.41. The number of hydrogen-bond donors (Lipinski definition) is 1. The number of ether oxygens (including phenoxy) is 1. The molecule has 0 amide bonds. The monoisotopic (exact) mass is 323 g/mol. The summed E-state index contributed by atoms with van der Waals surface area (Å²) in [6, 6.07) is 11.6. The zero-order valence-electron chi connectivity index (χ0n) is 12.4. The molecule has 2 rings (SSSR count). The number of halogens is 1. The lowest BCUT2D eigenvalue weighted by molar-refractivity contribution is 0.340. The van der Waals surface area contributed by atoms with Crippen LogP contribution in [-0.4, -0.2) is 15.0 Å². The zero-order chi connectivity index (χ0) is 16.2. The molecule has 0 aromatic heterocycles. The van der Waals surface area contributed by atoms with Crippen LogP contribution in [0.15, 0.2) is 53.4 Å². The summed E-state index contributed by atoms with van der Waals surface area (Å²) < 4.78 is 45.5. The first-order valence-electron chi connectivity index (χ1n) is 6.93. The molecule has 0 saturated heterocycles. The summed E-state index contributed by atoms with van der Waals surface area (Å²) in [6.07, 6.45) is 0. The van der Waals surface area contributed by atoms with E-state index < -0.39 is 21.9 Å². The largest absolute Gasteiger partial charge is 0.494 e. The van der Waals surface area contributed by atoms with Gasteiger partial charge in [0.1, 0.15) is 11.6 Å². The summed E-state index contributed by atoms with van der Waals surface area (Å²) in [4.78, 5) is -0.0923. The molecule has 2 aromatic rings. The smallest absolute Gasteiger partial charge is 0.241 e. The Labute approximate surface area is 130 Å². The van der Waals surface area contributed by atoms with Gasteiger partial charge in [-0.3, -0.25) is 0 Å². The molecule has 1 unspecified atom stereocenters. The Hall–Kier alpha value is -1.92. The second kappa shape index (κ2) is 6.89. The van der Waals surface area contributed by atoms with Crippen molar-refractivity contribution in [2.45, 2.75) is 24.8 Å². The van der Waals surface area contributed by atoms with Crippen molar-refractivity contribution in [2.24, 2.45) is 0 Å². The molecule has 0 fully saturated rings. The van der Waals surface area contributed by atoms with E-state index in [2.05, 4.69) is 4.72 Å². The Morgan fingerprint density at radius 1 is 1.18 bits per heavy atom. The SMILES string of the molecule is CCOc1ccc(C(C)NS(=O)(=O)c2cccc(F)c2)cc1. The summed E-state index contributed by atoms with van der Waals surface area (Å²) in [7, 11) is -3.77. The maximum Gasteiger partial charge on any atom is 0.241 e.